The molecule has 1 aliphatic heterocycles. The summed E-state index contributed by atoms with van der Waals surface area (Å²) in [4.78, 5) is 115. The van der Waals surface area contributed by atoms with Gasteiger partial charge in [0.05, 0.1) is 72.6 Å². The largest absolute Gasteiger partial charge is 0.458 e. The van der Waals surface area contributed by atoms with Gasteiger partial charge in [0, 0.05) is 49.4 Å². The summed E-state index contributed by atoms with van der Waals surface area (Å²) in [5.41, 5.74) is -14.8. The average molecular weight is 933 g/mol. The van der Waals surface area contributed by atoms with Crippen molar-refractivity contribution in [2.24, 2.45) is 16.7 Å². The molecule has 352 valence electrons. The predicted molar refractivity (Wildman–Crippen MR) is 221 cm³/mol. The highest BCUT2D eigenvalue weighted by molar-refractivity contribution is 5.99. The van der Waals surface area contributed by atoms with Crippen molar-refractivity contribution in [3.05, 3.63) is 135 Å². The van der Waals surface area contributed by atoms with Crippen LogP contribution in [0.1, 0.15) is 78.5 Å². The van der Waals surface area contributed by atoms with Gasteiger partial charge in [-0.05, 0) is 37.1 Å². The number of fused-ring (bicyclic) bond motifs is 5. The Kier molecular flexibility index (Phi) is 11.8. The molecular formula is C43H40N4O20. The van der Waals surface area contributed by atoms with Gasteiger partial charge in [-0.2, -0.15) is 0 Å². The van der Waals surface area contributed by atoms with E-state index in [1.165, 1.54) is 45.0 Å². The van der Waals surface area contributed by atoms with Gasteiger partial charge in [0.15, 0.2) is 17.5 Å². The predicted octanol–water partition coefficient (Wildman–Crippen LogP) is 4.44. The van der Waals surface area contributed by atoms with Crippen molar-refractivity contribution < 1.29 is 77.6 Å². The van der Waals surface area contributed by atoms with Crippen molar-refractivity contribution in [1.82, 2.24) is 0 Å². The number of ether oxygens (including phenoxy) is 5. The van der Waals surface area contributed by atoms with Crippen LogP contribution in [0.5, 0.6) is 0 Å². The van der Waals surface area contributed by atoms with Crippen molar-refractivity contribution >= 4 is 52.4 Å². The van der Waals surface area contributed by atoms with Crippen LogP contribution in [0, 0.1) is 57.2 Å². The molecule has 2 saturated carbocycles. The van der Waals surface area contributed by atoms with Gasteiger partial charge < -0.3 is 33.9 Å². The minimum atomic E-state index is -2.59. The van der Waals surface area contributed by atoms with Crippen molar-refractivity contribution in [3.63, 3.8) is 0 Å². The quantitative estimate of drug-likeness (QED) is 0.0882. The Morgan fingerprint density at radius 1 is 0.731 bits per heavy atom. The number of benzene rings is 3. The maximum Gasteiger partial charge on any atom is 0.339 e. The highest BCUT2D eigenvalue weighted by Crippen LogP contribution is 2.65. The van der Waals surface area contributed by atoms with E-state index >= 15 is 4.79 Å². The molecular weight excluding hydrogens is 892 g/mol. The van der Waals surface area contributed by atoms with Crippen LogP contribution in [0.4, 0.5) is 22.7 Å². The lowest BCUT2D eigenvalue weighted by Crippen LogP contribution is -2.82. The lowest BCUT2D eigenvalue weighted by Gasteiger charge is -2.67. The number of esters is 4. The molecule has 67 heavy (non-hydrogen) atoms. The standard InChI is InChI=1S/C43H40N4O20/c1-20-29(49)18-43(54)36(66-37(51)22-9-7-6-8-10-22)34-41(5,35(50)33(32(20)40(43,3)4)65-39(53)24-13-27(46(59)60)16-28(14-24)47(61)62)30(17-31-42(34,19-63-31)67-21(2)48)64-38(52)23-11-25(44(55)56)15-26(12-23)45(57)58/h6-16,29-31,33-34,36,49,54H,17-19H2,1-5H3/t29-,30-,31+,33+,34-,36-,41+,42-,43+/m0/s1. The molecule has 4 aliphatic rings. The van der Waals surface area contributed by atoms with E-state index in [2.05, 4.69) is 0 Å². The number of hydrogen-bond donors (Lipinski definition) is 2. The summed E-state index contributed by atoms with van der Waals surface area (Å²) in [6, 6.07) is 11.1. The molecule has 7 rings (SSSR count). The van der Waals surface area contributed by atoms with Crippen LogP contribution in [-0.4, -0.2) is 108 Å². The molecule has 3 fully saturated rings. The smallest absolute Gasteiger partial charge is 0.339 e. The molecule has 24 nitrogen and oxygen atoms in total. The van der Waals surface area contributed by atoms with Gasteiger partial charge in [0.2, 0.25) is 0 Å². The third kappa shape index (κ3) is 7.70. The molecule has 3 aromatic carbocycles. The first-order valence-electron chi connectivity index (χ1n) is 20.3. The number of rotatable bonds is 11. The van der Waals surface area contributed by atoms with Crippen LogP contribution in [0.15, 0.2) is 77.9 Å². The third-order valence-electron chi connectivity index (χ3n) is 13.5. The van der Waals surface area contributed by atoms with Gasteiger partial charge in [-0.25, -0.2) is 14.4 Å². The van der Waals surface area contributed by atoms with Crippen molar-refractivity contribution in [3.8, 4) is 0 Å². The Hall–Kier alpha value is -7.57. The number of non-ortho nitro benzene ring substituents is 4. The minimum absolute atomic E-state index is 0.0613. The molecule has 3 aromatic rings. The zero-order chi connectivity index (χ0) is 49.3. The van der Waals surface area contributed by atoms with Crippen molar-refractivity contribution in [2.75, 3.05) is 6.61 Å². The van der Waals surface area contributed by atoms with Gasteiger partial charge in [0.1, 0.15) is 23.9 Å². The molecule has 0 radical (unpaired) electrons. The summed E-state index contributed by atoms with van der Waals surface area (Å²) in [5.74, 6) is -8.27. The van der Waals surface area contributed by atoms with E-state index in [0.717, 1.165) is 13.8 Å². The summed E-state index contributed by atoms with van der Waals surface area (Å²) in [6.07, 6.45) is -10.6. The monoisotopic (exact) mass is 932 g/mol. The topological polar surface area (TPSA) is 345 Å². The SMILES string of the molecule is CC(=O)O[C@@]12CO[C@@H]1C[C@H](OC(=O)c1cc([N+](=O)[O-])cc([N+](=O)[O-])c1)[C@@]1(C)C(=O)[C@H](OC(=O)c3cc([N+](=O)[O-])cc([N+](=O)[O-])c3)C3=C(C)[C@@H](O)C[C@@](O)([C@@H](OC(=O)c4ccccc4)[C@H]21)C3(C)C. The number of Topliss-reactive ketones (excluding diaryl/α,β-unsaturated/α-hetero) is 1. The Balaban J connectivity index is 1.51. The normalized spacial score (nSPS) is 29.3. The van der Waals surface area contributed by atoms with E-state index in [0.29, 0.717) is 36.4 Å². The second kappa shape index (κ2) is 16.7. The van der Waals surface area contributed by atoms with Crippen molar-refractivity contribution in [1.29, 1.82) is 0 Å². The van der Waals surface area contributed by atoms with Crippen LogP contribution in [-0.2, 0) is 33.3 Å². The van der Waals surface area contributed by atoms with Crippen LogP contribution >= 0.6 is 0 Å². The van der Waals surface area contributed by atoms with Gasteiger partial charge >= 0.3 is 23.9 Å². The summed E-state index contributed by atoms with van der Waals surface area (Å²) in [6.45, 7) is 5.69. The number of ketones is 1. The number of carbonyl (C=O) groups is 5. The van der Waals surface area contributed by atoms with E-state index in [-0.39, 0.29) is 16.7 Å². The maximum absolute atomic E-state index is 16.2. The molecule has 3 aliphatic carbocycles. The minimum Gasteiger partial charge on any atom is -0.458 e. The van der Waals surface area contributed by atoms with E-state index in [1.807, 2.05) is 0 Å². The fraction of sp³-hybridized carbons (Fsp3) is 0.419. The molecule has 9 atom stereocenters. The molecule has 1 saturated heterocycles. The number of nitro benzene ring substituents is 4. The van der Waals surface area contributed by atoms with Gasteiger partial charge in [0.25, 0.3) is 22.7 Å². The number of carbonyl (C=O) groups excluding carboxylic acids is 5. The Morgan fingerprint density at radius 3 is 1.66 bits per heavy atom. The summed E-state index contributed by atoms with van der Waals surface area (Å²) in [7, 11) is 0. The summed E-state index contributed by atoms with van der Waals surface area (Å²) >= 11 is 0. The molecule has 24 heteroatoms. The molecule has 0 aromatic heterocycles. The van der Waals surface area contributed by atoms with E-state index < -0.39 is 161 Å². The zero-order valence-electron chi connectivity index (χ0n) is 36.0. The number of aliphatic hydroxyl groups is 2. The molecule has 1 heterocycles. The fourth-order valence-corrected chi connectivity index (χ4v) is 10.1. The van der Waals surface area contributed by atoms with Crippen molar-refractivity contribution in [2.45, 2.75) is 89.2 Å². The van der Waals surface area contributed by atoms with Crippen LogP contribution in [0.3, 0.4) is 0 Å². The molecule has 0 unspecified atom stereocenters. The van der Waals surface area contributed by atoms with E-state index in [9.17, 15) is 69.8 Å². The number of hydrogen-bond acceptors (Lipinski definition) is 20. The summed E-state index contributed by atoms with van der Waals surface area (Å²) < 4.78 is 30.2. The molecule has 2 N–H and O–H groups in total. The third-order valence-corrected chi connectivity index (χ3v) is 13.5. The molecule has 0 amide bonds. The average Bonchev–Trinajstić information content (AvgIpc) is 3.26. The molecule has 2 bridgehead atoms. The first kappa shape index (κ1) is 47.4. The van der Waals surface area contributed by atoms with E-state index in [4.69, 9.17) is 23.7 Å². The Labute approximate surface area is 377 Å². The van der Waals surface area contributed by atoms with Crippen LogP contribution in [0.25, 0.3) is 0 Å². The van der Waals surface area contributed by atoms with Gasteiger partial charge in [-0.3, -0.25) is 50.0 Å². The van der Waals surface area contributed by atoms with Crippen LogP contribution in [0.2, 0.25) is 0 Å². The first-order chi connectivity index (χ1) is 31.3. The maximum atomic E-state index is 16.2. The highest BCUT2D eigenvalue weighted by Gasteiger charge is 2.79. The lowest BCUT2D eigenvalue weighted by atomic mass is 9.44. The van der Waals surface area contributed by atoms with Gasteiger partial charge in [-0.15, -0.1) is 0 Å². The second-order valence-electron chi connectivity index (χ2n) is 17.5. The zero-order valence-corrected chi connectivity index (χ0v) is 36.0. The molecule has 0 spiro atoms. The highest BCUT2D eigenvalue weighted by atomic mass is 16.7. The number of nitro groups is 4. The van der Waals surface area contributed by atoms with Gasteiger partial charge in [-0.1, -0.05) is 32.0 Å². The second-order valence-corrected chi connectivity index (χ2v) is 17.5. The summed E-state index contributed by atoms with van der Waals surface area (Å²) in [5, 5.41) is 72.6. The number of nitrogens with zero attached hydrogens (tertiary/aromatic N) is 4. The lowest BCUT2D eigenvalue weighted by molar-refractivity contribution is -0.394. The van der Waals surface area contributed by atoms with E-state index in [1.54, 1.807) is 6.07 Å². The Morgan fingerprint density at radius 2 is 1.21 bits per heavy atom. The first-order valence-corrected chi connectivity index (χ1v) is 20.3. The Bertz CT molecular complexity index is 2660. The number of aliphatic hydroxyl groups excluding tert-OH is 1. The van der Waals surface area contributed by atoms with Crippen LogP contribution < -0.4 is 0 Å². The fourth-order valence-electron chi connectivity index (χ4n) is 10.1.